The van der Waals surface area contributed by atoms with E-state index >= 15 is 0 Å². The minimum atomic E-state index is -1.13. The molecular formula is C11H13NO4. The van der Waals surface area contributed by atoms with Crippen LogP contribution in [0.3, 0.4) is 0 Å². The average molecular weight is 223 g/mol. The molecule has 16 heavy (non-hydrogen) atoms. The van der Waals surface area contributed by atoms with Crippen molar-refractivity contribution in [1.29, 1.82) is 0 Å². The van der Waals surface area contributed by atoms with Crippen LogP contribution in [0.2, 0.25) is 0 Å². The monoisotopic (exact) mass is 223 g/mol. The molecule has 5 nitrogen and oxygen atoms in total. The zero-order valence-corrected chi connectivity index (χ0v) is 8.84. The lowest BCUT2D eigenvalue weighted by Crippen LogP contribution is -2.32. The van der Waals surface area contributed by atoms with Crippen molar-refractivity contribution in [3.8, 4) is 0 Å². The van der Waals surface area contributed by atoms with Crippen LogP contribution in [0.25, 0.3) is 0 Å². The summed E-state index contributed by atoms with van der Waals surface area (Å²) in [5, 5.41) is 8.58. The Kier molecular flexibility index (Phi) is 4.47. The number of hydroxylamine groups is 1. The number of nitrogens with one attached hydrogen (secondary N) is 1. The molecule has 1 amide bonds. The van der Waals surface area contributed by atoms with Crippen molar-refractivity contribution in [3.05, 3.63) is 35.9 Å². The van der Waals surface area contributed by atoms with Crippen LogP contribution in [0.1, 0.15) is 18.4 Å². The average Bonchev–Trinajstić information content (AvgIpc) is 2.31. The summed E-state index contributed by atoms with van der Waals surface area (Å²) in [7, 11) is 0. The minimum absolute atomic E-state index is 0.181. The molecule has 86 valence electrons. The summed E-state index contributed by atoms with van der Waals surface area (Å²) in [6.07, 6.45) is 0. The Balaban J connectivity index is 2.97. The van der Waals surface area contributed by atoms with E-state index in [0.717, 1.165) is 0 Å². The summed E-state index contributed by atoms with van der Waals surface area (Å²) in [6.45, 7) is 1.83. The number of benzene rings is 1. The Bertz CT molecular complexity index is 364. The number of hydrogen-bond acceptors (Lipinski definition) is 4. The first-order valence-corrected chi connectivity index (χ1v) is 4.86. The number of esters is 1. The second-order valence-corrected chi connectivity index (χ2v) is 3.07. The van der Waals surface area contributed by atoms with E-state index in [9.17, 15) is 9.59 Å². The zero-order valence-electron chi connectivity index (χ0n) is 8.84. The van der Waals surface area contributed by atoms with Gasteiger partial charge in [0.05, 0.1) is 6.61 Å². The highest BCUT2D eigenvalue weighted by Crippen LogP contribution is 2.17. The number of hydrogen-bond donors (Lipinski definition) is 2. The summed E-state index contributed by atoms with van der Waals surface area (Å²) < 4.78 is 4.77. The molecule has 2 N–H and O–H groups in total. The molecule has 0 bridgehead atoms. The fraction of sp³-hybridized carbons (Fsp3) is 0.273. The topological polar surface area (TPSA) is 75.6 Å². The van der Waals surface area contributed by atoms with Crippen LogP contribution in [-0.4, -0.2) is 23.7 Å². The molecule has 0 unspecified atom stereocenters. The van der Waals surface area contributed by atoms with E-state index in [-0.39, 0.29) is 6.61 Å². The molecule has 0 radical (unpaired) electrons. The van der Waals surface area contributed by atoms with Crippen molar-refractivity contribution in [3.63, 3.8) is 0 Å². The predicted molar refractivity (Wildman–Crippen MR) is 55.7 cm³/mol. The van der Waals surface area contributed by atoms with Crippen LogP contribution in [0, 0.1) is 0 Å². The van der Waals surface area contributed by atoms with Gasteiger partial charge in [-0.15, -0.1) is 0 Å². The van der Waals surface area contributed by atoms with Crippen LogP contribution < -0.4 is 5.48 Å². The van der Waals surface area contributed by atoms with Crippen molar-refractivity contribution in [2.24, 2.45) is 0 Å². The third-order valence-corrected chi connectivity index (χ3v) is 2.03. The molecule has 1 atom stereocenters. The fourth-order valence-corrected chi connectivity index (χ4v) is 1.33. The molecular weight excluding hydrogens is 210 g/mol. The maximum absolute atomic E-state index is 11.5. The number of amides is 1. The number of carbonyl (C=O) groups excluding carboxylic acids is 2. The van der Waals surface area contributed by atoms with Crippen LogP contribution >= 0.6 is 0 Å². The minimum Gasteiger partial charge on any atom is -0.465 e. The Morgan fingerprint density at radius 3 is 2.50 bits per heavy atom. The maximum atomic E-state index is 11.5. The van der Waals surface area contributed by atoms with Gasteiger partial charge in [0.15, 0.2) is 5.92 Å². The highest BCUT2D eigenvalue weighted by molar-refractivity contribution is 6.02. The number of carbonyl (C=O) groups is 2. The van der Waals surface area contributed by atoms with Gasteiger partial charge in [0.2, 0.25) is 0 Å². The molecule has 1 aromatic rings. The second kappa shape index (κ2) is 5.87. The highest BCUT2D eigenvalue weighted by atomic mass is 16.5. The van der Waals surface area contributed by atoms with Gasteiger partial charge in [-0.3, -0.25) is 14.8 Å². The zero-order chi connectivity index (χ0) is 12.0. The van der Waals surface area contributed by atoms with E-state index < -0.39 is 17.8 Å². The number of ether oxygens (including phenoxy) is 1. The van der Waals surface area contributed by atoms with Crippen molar-refractivity contribution < 1.29 is 19.5 Å². The van der Waals surface area contributed by atoms with Crippen molar-refractivity contribution >= 4 is 11.9 Å². The van der Waals surface area contributed by atoms with Crippen LogP contribution in [0.5, 0.6) is 0 Å². The van der Waals surface area contributed by atoms with Crippen molar-refractivity contribution in [2.75, 3.05) is 6.61 Å². The smallest absolute Gasteiger partial charge is 0.323 e. The Labute approximate surface area is 93.0 Å². The predicted octanol–water partition coefficient (Wildman–Crippen LogP) is 0.839. The fourth-order valence-electron chi connectivity index (χ4n) is 1.33. The van der Waals surface area contributed by atoms with E-state index in [1.54, 1.807) is 37.3 Å². The van der Waals surface area contributed by atoms with Crippen molar-refractivity contribution in [1.82, 2.24) is 5.48 Å². The van der Waals surface area contributed by atoms with Gasteiger partial charge in [0, 0.05) is 0 Å². The molecule has 0 spiro atoms. The molecule has 0 aliphatic heterocycles. The summed E-state index contributed by atoms with van der Waals surface area (Å²) in [5.74, 6) is -2.61. The third kappa shape index (κ3) is 2.80. The van der Waals surface area contributed by atoms with Crippen molar-refractivity contribution in [2.45, 2.75) is 12.8 Å². The third-order valence-electron chi connectivity index (χ3n) is 2.03. The first-order valence-electron chi connectivity index (χ1n) is 4.86. The molecule has 0 aromatic heterocycles. The lowest BCUT2D eigenvalue weighted by atomic mass is 9.99. The summed E-state index contributed by atoms with van der Waals surface area (Å²) in [5.41, 5.74) is 1.94. The first kappa shape index (κ1) is 12.2. The highest BCUT2D eigenvalue weighted by Gasteiger charge is 2.29. The SMILES string of the molecule is CCOC(=O)[C@H](C(=O)NO)c1ccccc1. The molecule has 0 aliphatic carbocycles. The van der Waals surface area contributed by atoms with E-state index in [4.69, 9.17) is 9.94 Å². The summed E-state index contributed by atoms with van der Waals surface area (Å²) >= 11 is 0. The second-order valence-electron chi connectivity index (χ2n) is 3.07. The largest absolute Gasteiger partial charge is 0.465 e. The normalized spacial score (nSPS) is 11.6. The van der Waals surface area contributed by atoms with Gasteiger partial charge in [-0.1, -0.05) is 30.3 Å². The molecule has 0 saturated carbocycles. The van der Waals surface area contributed by atoms with E-state index in [0.29, 0.717) is 5.56 Å². The Hall–Kier alpha value is -1.88. The van der Waals surface area contributed by atoms with Gasteiger partial charge < -0.3 is 4.74 Å². The Morgan fingerprint density at radius 1 is 1.38 bits per heavy atom. The quantitative estimate of drug-likeness (QED) is 0.343. The van der Waals surface area contributed by atoms with E-state index in [1.807, 2.05) is 0 Å². The Morgan fingerprint density at radius 2 is 2.00 bits per heavy atom. The lowest BCUT2D eigenvalue weighted by Gasteiger charge is -2.13. The van der Waals surface area contributed by atoms with Gasteiger partial charge >= 0.3 is 5.97 Å². The summed E-state index contributed by atoms with van der Waals surface area (Å²) in [6, 6.07) is 8.41. The lowest BCUT2D eigenvalue weighted by molar-refractivity contribution is -0.150. The van der Waals surface area contributed by atoms with Gasteiger partial charge in [0.1, 0.15) is 0 Å². The molecule has 0 heterocycles. The number of rotatable bonds is 4. The van der Waals surface area contributed by atoms with Gasteiger partial charge in [-0.05, 0) is 12.5 Å². The van der Waals surface area contributed by atoms with E-state index in [2.05, 4.69) is 0 Å². The van der Waals surface area contributed by atoms with Gasteiger partial charge in [0.25, 0.3) is 5.91 Å². The maximum Gasteiger partial charge on any atom is 0.323 e. The van der Waals surface area contributed by atoms with Crippen LogP contribution in [-0.2, 0) is 14.3 Å². The molecule has 1 aromatic carbocycles. The van der Waals surface area contributed by atoms with Gasteiger partial charge in [-0.2, -0.15) is 0 Å². The molecule has 5 heteroatoms. The van der Waals surface area contributed by atoms with Gasteiger partial charge in [-0.25, -0.2) is 5.48 Å². The molecule has 0 aliphatic rings. The molecule has 1 rings (SSSR count). The first-order chi connectivity index (χ1) is 7.70. The molecule has 0 fully saturated rings. The standard InChI is InChI=1S/C11H13NO4/c1-2-16-11(14)9(10(13)12-15)8-6-4-3-5-7-8/h3-7,9,15H,2H2,1H3,(H,12,13)/t9-/m0/s1. The van der Waals surface area contributed by atoms with Crippen LogP contribution in [0.15, 0.2) is 30.3 Å². The molecule has 0 saturated heterocycles. The van der Waals surface area contributed by atoms with E-state index in [1.165, 1.54) is 5.48 Å². The van der Waals surface area contributed by atoms with Crippen LogP contribution in [0.4, 0.5) is 0 Å². The summed E-state index contributed by atoms with van der Waals surface area (Å²) in [4.78, 5) is 22.9.